The first-order valence-corrected chi connectivity index (χ1v) is 9.09. The zero-order valence-corrected chi connectivity index (χ0v) is 16.0. The molecule has 4 aromatic rings. The van der Waals surface area contributed by atoms with Crippen LogP contribution in [0.2, 0.25) is 0 Å². The molecule has 0 fully saturated rings. The molecule has 26 heavy (non-hydrogen) atoms. The first-order valence-electron chi connectivity index (χ1n) is 8.01. The normalized spacial score (nSPS) is 10.8. The van der Waals surface area contributed by atoms with E-state index < -0.39 is 5.97 Å². The van der Waals surface area contributed by atoms with Gasteiger partial charge in [-0.05, 0) is 71.5 Å². The fraction of sp³-hybridized carbons (Fsp3) is 0.0500. The third kappa shape index (κ3) is 3.20. The van der Waals surface area contributed by atoms with Crippen molar-refractivity contribution in [2.45, 2.75) is 6.92 Å². The van der Waals surface area contributed by atoms with Gasteiger partial charge in [-0.1, -0.05) is 30.3 Å². The van der Waals surface area contributed by atoms with Gasteiger partial charge in [-0.25, -0.2) is 4.79 Å². The van der Waals surface area contributed by atoms with E-state index in [1.165, 1.54) is 4.80 Å². The minimum atomic E-state index is -0.406. The molecule has 0 spiro atoms. The maximum absolute atomic E-state index is 12.6. The van der Waals surface area contributed by atoms with E-state index in [-0.39, 0.29) is 0 Å². The number of rotatable bonds is 3. The van der Waals surface area contributed by atoms with Gasteiger partial charge in [-0.15, -0.1) is 15.0 Å². The lowest BCUT2D eigenvalue weighted by Crippen LogP contribution is -2.12. The molecule has 0 aliphatic heterocycles. The summed E-state index contributed by atoms with van der Waals surface area (Å²) < 4.78 is 6.51. The maximum Gasteiger partial charge on any atom is 0.344 e. The first kappa shape index (κ1) is 16.7. The van der Waals surface area contributed by atoms with Crippen LogP contribution in [0, 0.1) is 10.5 Å². The molecule has 0 saturated heterocycles. The summed E-state index contributed by atoms with van der Waals surface area (Å²) in [7, 11) is 0. The van der Waals surface area contributed by atoms with Crippen molar-refractivity contribution in [2.24, 2.45) is 0 Å². The third-order valence-corrected chi connectivity index (χ3v) is 4.85. The molecule has 0 bridgehead atoms. The Hall–Kier alpha value is -2.74. The van der Waals surface area contributed by atoms with E-state index in [1.54, 1.807) is 12.1 Å². The van der Waals surface area contributed by atoms with E-state index in [0.29, 0.717) is 17.0 Å². The van der Waals surface area contributed by atoms with Gasteiger partial charge < -0.3 is 4.74 Å². The minimum absolute atomic E-state index is 0.406. The largest absolute Gasteiger partial charge is 0.421 e. The minimum Gasteiger partial charge on any atom is -0.421 e. The summed E-state index contributed by atoms with van der Waals surface area (Å²) in [5.41, 5.74) is 3.74. The van der Waals surface area contributed by atoms with Crippen LogP contribution in [0.3, 0.4) is 0 Å². The molecule has 0 unspecified atom stereocenters. The Morgan fingerprint density at radius 3 is 2.31 bits per heavy atom. The number of halogens is 1. The van der Waals surface area contributed by atoms with Crippen LogP contribution in [0.4, 0.5) is 0 Å². The molecular formula is C20H14IN3O2. The molecule has 0 aliphatic rings. The van der Waals surface area contributed by atoms with Crippen LogP contribution in [0.5, 0.6) is 5.75 Å². The highest BCUT2D eigenvalue weighted by Gasteiger charge is 2.16. The number of carbonyl (C=O) groups excluding carboxylic acids is 1. The zero-order chi connectivity index (χ0) is 18.1. The van der Waals surface area contributed by atoms with Crippen LogP contribution in [0.15, 0.2) is 66.7 Å². The molecule has 0 radical (unpaired) electrons. The molecule has 5 nitrogen and oxygen atoms in total. The number of hydrogen-bond acceptors (Lipinski definition) is 4. The predicted octanol–water partition coefficient (Wildman–Crippen LogP) is 4.55. The maximum atomic E-state index is 12.6. The Labute approximate surface area is 163 Å². The summed E-state index contributed by atoms with van der Waals surface area (Å²) in [4.78, 5) is 14.1. The molecule has 0 aliphatic carbocycles. The topological polar surface area (TPSA) is 57.0 Å². The van der Waals surface area contributed by atoms with Crippen molar-refractivity contribution < 1.29 is 9.53 Å². The summed E-state index contributed by atoms with van der Waals surface area (Å²) in [6.07, 6.45) is 0. The second-order valence-corrected chi connectivity index (χ2v) is 6.98. The number of benzene rings is 3. The van der Waals surface area contributed by atoms with Crippen LogP contribution in [0.1, 0.15) is 15.9 Å². The molecule has 1 heterocycles. The number of esters is 1. The summed E-state index contributed by atoms with van der Waals surface area (Å²) in [5.74, 6) is 0.0115. The molecule has 128 valence electrons. The Balaban J connectivity index is 1.75. The third-order valence-electron chi connectivity index (χ3n) is 3.91. The summed E-state index contributed by atoms with van der Waals surface area (Å²) in [6, 6.07) is 20.5. The Morgan fingerprint density at radius 1 is 0.962 bits per heavy atom. The summed E-state index contributed by atoms with van der Waals surface area (Å²) >= 11 is 2.12. The van der Waals surface area contributed by atoms with Crippen molar-refractivity contribution in [3.8, 4) is 11.4 Å². The van der Waals surface area contributed by atoms with E-state index in [9.17, 15) is 4.79 Å². The monoisotopic (exact) mass is 455 g/mol. The van der Waals surface area contributed by atoms with Crippen molar-refractivity contribution in [2.75, 3.05) is 0 Å². The average molecular weight is 455 g/mol. The fourth-order valence-electron chi connectivity index (χ4n) is 2.62. The summed E-state index contributed by atoms with van der Waals surface area (Å²) in [5, 5.41) is 8.99. The van der Waals surface area contributed by atoms with Gasteiger partial charge in [0.2, 0.25) is 0 Å². The molecule has 0 N–H and O–H groups in total. The Morgan fingerprint density at radius 2 is 1.62 bits per heavy atom. The van der Waals surface area contributed by atoms with Gasteiger partial charge in [0.1, 0.15) is 16.7 Å². The Bertz CT molecular complexity index is 1090. The number of hydrogen-bond donors (Lipinski definition) is 0. The number of aromatic nitrogens is 3. The van der Waals surface area contributed by atoms with Gasteiger partial charge in [-0.3, -0.25) is 0 Å². The van der Waals surface area contributed by atoms with Crippen molar-refractivity contribution in [1.29, 1.82) is 0 Å². The molecule has 6 heteroatoms. The Kier molecular flexibility index (Phi) is 4.42. The van der Waals surface area contributed by atoms with Crippen LogP contribution in [-0.2, 0) is 0 Å². The van der Waals surface area contributed by atoms with Crippen molar-refractivity contribution in [1.82, 2.24) is 15.0 Å². The van der Waals surface area contributed by atoms with Crippen molar-refractivity contribution in [3.05, 3.63) is 81.4 Å². The smallest absolute Gasteiger partial charge is 0.344 e. The van der Waals surface area contributed by atoms with E-state index in [0.717, 1.165) is 20.2 Å². The van der Waals surface area contributed by atoms with Gasteiger partial charge in [0.25, 0.3) is 0 Å². The molecular weight excluding hydrogens is 441 g/mol. The first-order chi connectivity index (χ1) is 12.6. The lowest BCUT2D eigenvalue weighted by Gasteiger charge is -2.11. The molecule has 1 aromatic heterocycles. The molecule has 3 aromatic carbocycles. The lowest BCUT2D eigenvalue weighted by molar-refractivity contribution is 0.0733. The number of aryl methyl sites for hydroxylation is 1. The number of nitrogens with zero attached hydrogens (tertiary/aromatic N) is 3. The number of ether oxygens (including phenoxy) is 1. The van der Waals surface area contributed by atoms with Crippen molar-refractivity contribution in [3.63, 3.8) is 0 Å². The molecule has 0 amide bonds. The van der Waals surface area contributed by atoms with Crippen LogP contribution in [-0.4, -0.2) is 21.0 Å². The van der Waals surface area contributed by atoms with Crippen LogP contribution >= 0.6 is 22.6 Å². The van der Waals surface area contributed by atoms with Gasteiger partial charge in [0, 0.05) is 3.57 Å². The lowest BCUT2D eigenvalue weighted by atomic mass is 10.2. The predicted molar refractivity (Wildman–Crippen MR) is 108 cm³/mol. The second-order valence-electron chi connectivity index (χ2n) is 5.82. The fourth-order valence-corrected chi connectivity index (χ4v) is 3.23. The van der Waals surface area contributed by atoms with Crippen molar-refractivity contribution >= 4 is 39.6 Å². The molecule has 0 atom stereocenters. The zero-order valence-electron chi connectivity index (χ0n) is 13.9. The number of fused-ring (bicyclic) bond motifs is 1. The van der Waals surface area contributed by atoms with E-state index in [1.807, 2.05) is 61.5 Å². The average Bonchev–Trinajstić information content (AvgIpc) is 3.07. The van der Waals surface area contributed by atoms with Gasteiger partial charge in [0.05, 0.1) is 5.56 Å². The molecule has 4 rings (SSSR count). The van der Waals surface area contributed by atoms with Crippen LogP contribution < -0.4 is 4.74 Å². The highest BCUT2D eigenvalue weighted by atomic mass is 127. The quantitative estimate of drug-likeness (QED) is 0.258. The highest BCUT2D eigenvalue weighted by molar-refractivity contribution is 14.1. The van der Waals surface area contributed by atoms with E-state index >= 15 is 0 Å². The standard InChI is InChI=1S/C20H14IN3O2/c1-13-10-11-19(26-20(25)14-6-2-3-7-15(14)21)18(12-13)24-22-16-8-4-5-9-17(16)23-24/h2-12H,1H3. The van der Waals surface area contributed by atoms with Gasteiger partial charge >= 0.3 is 5.97 Å². The molecule has 0 saturated carbocycles. The van der Waals surface area contributed by atoms with Gasteiger partial charge in [0.15, 0.2) is 5.75 Å². The SMILES string of the molecule is Cc1ccc(OC(=O)c2ccccc2I)c(-n2nc3ccccc3n2)c1. The van der Waals surface area contributed by atoms with E-state index in [4.69, 9.17) is 4.74 Å². The number of carbonyl (C=O) groups is 1. The highest BCUT2D eigenvalue weighted by Crippen LogP contribution is 2.26. The van der Waals surface area contributed by atoms with E-state index in [2.05, 4.69) is 32.8 Å². The van der Waals surface area contributed by atoms with Crippen LogP contribution in [0.25, 0.3) is 16.7 Å². The second kappa shape index (κ2) is 6.87. The van der Waals surface area contributed by atoms with Gasteiger partial charge in [-0.2, -0.15) is 0 Å². The summed E-state index contributed by atoms with van der Waals surface area (Å²) in [6.45, 7) is 1.97.